The van der Waals surface area contributed by atoms with Crippen LogP contribution in [0.15, 0.2) is 47.4 Å². The lowest BCUT2D eigenvalue weighted by Crippen LogP contribution is -2.20. The molecule has 2 heterocycles. The molecule has 0 N–H and O–H groups in total. The Hall–Kier alpha value is -3.10. The molecular weight excluding hydrogens is 368 g/mol. The molecule has 27 heavy (non-hydrogen) atoms. The molecule has 0 unspecified atom stereocenters. The number of ether oxygens (including phenoxy) is 2. The molecule has 2 aromatic heterocycles. The Morgan fingerprint density at radius 3 is 2.41 bits per heavy atom. The Morgan fingerprint density at radius 1 is 1.11 bits per heavy atom. The predicted octanol–water partition coefficient (Wildman–Crippen LogP) is 3.78. The maximum atomic E-state index is 13.5. The Bertz CT molecular complexity index is 1010. The van der Waals surface area contributed by atoms with E-state index >= 15 is 0 Å². The molecule has 0 aliphatic heterocycles. The van der Waals surface area contributed by atoms with Gasteiger partial charge in [-0.2, -0.15) is 13.2 Å². The van der Waals surface area contributed by atoms with Crippen LogP contribution in [0, 0.1) is 0 Å². The summed E-state index contributed by atoms with van der Waals surface area (Å²) in [5.74, 6) is 0.446. The molecule has 0 bridgehead atoms. The van der Waals surface area contributed by atoms with E-state index in [9.17, 15) is 22.4 Å². The minimum atomic E-state index is -4.46. The van der Waals surface area contributed by atoms with Crippen molar-refractivity contribution in [3.63, 3.8) is 0 Å². The maximum absolute atomic E-state index is 13.5. The highest BCUT2D eigenvalue weighted by Crippen LogP contribution is 2.25. The van der Waals surface area contributed by atoms with Gasteiger partial charge in [0.15, 0.2) is 6.61 Å². The molecule has 142 valence electrons. The Kier molecular flexibility index (Phi) is 5.02. The van der Waals surface area contributed by atoms with Gasteiger partial charge < -0.3 is 9.47 Å². The standard InChI is InChI=1S/C18H14F4N2O3/c1-26-13-6-7-24-15(8-13)23-14(9-19)16(17(24)25)11-2-4-12(5-3-11)27-10-18(20,21)22/h2-8H,9-10H2,1H3. The minimum Gasteiger partial charge on any atom is -0.497 e. The maximum Gasteiger partial charge on any atom is 0.422 e. The number of methoxy groups -OCH3 is 1. The van der Waals surface area contributed by atoms with Crippen molar-refractivity contribution in [1.82, 2.24) is 9.38 Å². The molecule has 1 aromatic carbocycles. The van der Waals surface area contributed by atoms with Crippen LogP contribution in [0.25, 0.3) is 16.8 Å². The van der Waals surface area contributed by atoms with Crippen molar-refractivity contribution >= 4 is 5.65 Å². The van der Waals surface area contributed by atoms with Crippen LogP contribution in [0.1, 0.15) is 5.69 Å². The molecule has 0 aliphatic rings. The highest BCUT2D eigenvalue weighted by Gasteiger charge is 2.28. The van der Waals surface area contributed by atoms with E-state index in [2.05, 4.69) is 9.72 Å². The number of rotatable bonds is 5. The molecule has 9 heteroatoms. The number of pyridine rings is 1. The second kappa shape index (κ2) is 7.26. The molecule has 0 aliphatic carbocycles. The van der Waals surface area contributed by atoms with Gasteiger partial charge in [0.25, 0.3) is 5.56 Å². The van der Waals surface area contributed by atoms with E-state index in [1.807, 2.05) is 0 Å². The van der Waals surface area contributed by atoms with Crippen LogP contribution in [0.4, 0.5) is 17.6 Å². The summed E-state index contributed by atoms with van der Waals surface area (Å²) < 4.78 is 61.1. The number of benzene rings is 1. The molecule has 5 nitrogen and oxygen atoms in total. The van der Waals surface area contributed by atoms with Crippen molar-refractivity contribution in [3.05, 3.63) is 58.6 Å². The summed E-state index contributed by atoms with van der Waals surface area (Å²) in [6.07, 6.45) is -3.00. The number of aromatic nitrogens is 2. The second-order valence-electron chi connectivity index (χ2n) is 5.60. The summed E-state index contributed by atoms with van der Waals surface area (Å²) in [6.45, 7) is -2.41. The van der Waals surface area contributed by atoms with Gasteiger partial charge in [-0.15, -0.1) is 0 Å². The lowest BCUT2D eigenvalue weighted by Gasteiger charge is -2.12. The number of hydrogen-bond acceptors (Lipinski definition) is 4. The molecular formula is C18H14F4N2O3. The van der Waals surface area contributed by atoms with Gasteiger partial charge in [-0.1, -0.05) is 12.1 Å². The highest BCUT2D eigenvalue weighted by atomic mass is 19.4. The molecule has 0 atom stereocenters. The topological polar surface area (TPSA) is 52.8 Å². The number of nitrogens with zero attached hydrogens (tertiary/aromatic N) is 2. The van der Waals surface area contributed by atoms with Gasteiger partial charge in [-0.25, -0.2) is 9.37 Å². The molecule has 0 saturated heterocycles. The third-order valence-corrected chi connectivity index (χ3v) is 3.78. The molecule has 0 saturated carbocycles. The van der Waals surface area contributed by atoms with Crippen LogP contribution in [-0.2, 0) is 6.67 Å². The third kappa shape index (κ3) is 4.02. The zero-order valence-corrected chi connectivity index (χ0v) is 14.1. The molecule has 0 amide bonds. The van der Waals surface area contributed by atoms with Crippen LogP contribution >= 0.6 is 0 Å². The fraction of sp³-hybridized carbons (Fsp3) is 0.222. The van der Waals surface area contributed by atoms with E-state index in [1.54, 1.807) is 6.07 Å². The van der Waals surface area contributed by atoms with Gasteiger partial charge >= 0.3 is 6.18 Å². The van der Waals surface area contributed by atoms with Crippen molar-refractivity contribution in [2.45, 2.75) is 12.9 Å². The molecule has 0 radical (unpaired) electrons. The lowest BCUT2D eigenvalue weighted by molar-refractivity contribution is -0.153. The van der Waals surface area contributed by atoms with E-state index in [1.165, 1.54) is 48.0 Å². The van der Waals surface area contributed by atoms with Crippen LogP contribution in [0.2, 0.25) is 0 Å². The summed E-state index contributed by atoms with van der Waals surface area (Å²) in [5.41, 5.74) is 0.00428. The predicted molar refractivity (Wildman–Crippen MR) is 89.8 cm³/mol. The zero-order chi connectivity index (χ0) is 19.6. The van der Waals surface area contributed by atoms with Crippen molar-refractivity contribution in [1.29, 1.82) is 0 Å². The van der Waals surface area contributed by atoms with Crippen LogP contribution in [0.5, 0.6) is 11.5 Å². The van der Waals surface area contributed by atoms with Gasteiger partial charge in [-0.05, 0) is 23.8 Å². The summed E-state index contributed by atoms with van der Waals surface area (Å²) >= 11 is 0. The highest BCUT2D eigenvalue weighted by molar-refractivity contribution is 5.67. The molecule has 0 spiro atoms. The van der Waals surface area contributed by atoms with E-state index in [4.69, 9.17) is 4.74 Å². The van der Waals surface area contributed by atoms with Crippen molar-refractivity contribution < 1.29 is 27.0 Å². The van der Waals surface area contributed by atoms with Crippen LogP contribution < -0.4 is 15.0 Å². The number of halogens is 4. The Balaban J connectivity index is 2.03. The summed E-state index contributed by atoms with van der Waals surface area (Å²) in [4.78, 5) is 16.9. The normalized spacial score (nSPS) is 11.6. The summed E-state index contributed by atoms with van der Waals surface area (Å²) in [5, 5.41) is 0. The fourth-order valence-electron chi connectivity index (χ4n) is 2.56. The van der Waals surface area contributed by atoms with Crippen molar-refractivity contribution in [2.75, 3.05) is 13.7 Å². The van der Waals surface area contributed by atoms with E-state index in [0.29, 0.717) is 11.3 Å². The van der Waals surface area contributed by atoms with Gasteiger partial charge in [0.05, 0.1) is 18.4 Å². The van der Waals surface area contributed by atoms with Gasteiger partial charge in [-0.3, -0.25) is 9.20 Å². The summed E-state index contributed by atoms with van der Waals surface area (Å²) in [7, 11) is 1.46. The average Bonchev–Trinajstić information content (AvgIpc) is 2.65. The number of alkyl halides is 4. The van der Waals surface area contributed by atoms with Crippen LogP contribution in [0.3, 0.4) is 0 Å². The van der Waals surface area contributed by atoms with Crippen molar-refractivity contribution in [2.24, 2.45) is 0 Å². The van der Waals surface area contributed by atoms with E-state index in [-0.39, 0.29) is 22.7 Å². The number of fused-ring (bicyclic) bond motifs is 1. The van der Waals surface area contributed by atoms with Gasteiger partial charge in [0.2, 0.25) is 0 Å². The fourth-order valence-corrected chi connectivity index (χ4v) is 2.56. The molecule has 3 aromatic rings. The molecule has 3 rings (SSSR count). The Labute approximate surface area is 150 Å². The third-order valence-electron chi connectivity index (χ3n) is 3.78. The first-order valence-corrected chi connectivity index (χ1v) is 7.77. The molecule has 0 fully saturated rings. The minimum absolute atomic E-state index is 0.0172. The Morgan fingerprint density at radius 2 is 1.81 bits per heavy atom. The zero-order valence-electron chi connectivity index (χ0n) is 14.1. The first kappa shape index (κ1) is 18.7. The average molecular weight is 382 g/mol. The van der Waals surface area contributed by atoms with Gasteiger partial charge in [0.1, 0.15) is 23.8 Å². The SMILES string of the molecule is COc1ccn2c(=O)c(-c3ccc(OCC(F)(F)F)cc3)c(CF)nc2c1. The van der Waals surface area contributed by atoms with Gasteiger partial charge in [0, 0.05) is 12.3 Å². The quantitative estimate of drug-likeness (QED) is 0.631. The van der Waals surface area contributed by atoms with E-state index < -0.39 is 25.0 Å². The van der Waals surface area contributed by atoms with E-state index in [0.717, 1.165) is 0 Å². The van der Waals surface area contributed by atoms with Crippen LogP contribution in [-0.4, -0.2) is 29.3 Å². The monoisotopic (exact) mass is 382 g/mol. The lowest BCUT2D eigenvalue weighted by atomic mass is 10.1. The smallest absolute Gasteiger partial charge is 0.422 e. The first-order valence-electron chi connectivity index (χ1n) is 7.77. The van der Waals surface area contributed by atoms with Crippen molar-refractivity contribution in [3.8, 4) is 22.6 Å². The number of hydrogen-bond donors (Lipinski definition) is 0. The second-order valence-corrected chi connectivity index (χ2v) is 5.60. The summed E-state index contributed by atoms with van der Waals surface area (Å²) in [6, 6.07) is 8.40. The first-order chi connectivity index (χ1) is 12.8. The largest absolute Gasteiger partial charge is 0.497 e.